The number of aromatic nitrogens is 2. The number of nitrogens with one attached hydrogen (secondary N) is 1. The van der Waals surface area contributed by atoms with Crippen LogP contribution in [-0.2, 0) is 7.05 Å². The van der Waals surface area contributed by atoms with Crippen LogP contribution in [0.4, 0.5) is 10.1 Å². The van der Waals surface area contributed by atoms with E-state index in [-0.39, 0.29) is 11.9 Å². The molecule has 0 aliphatic rings. The van der Waals surface area contributed by atoms with Gasteiger partial charge in [-0.05, 0) is 31.5 Å². The molecule has 2 aromatic rings. The Morgan fingerprint density at radius 1 is 1.21 bits per heavy atom. The number of benzene rings is 1. The van der Waals surface area contributed by atoms with Crippen molar-refractivity contribution in [1.82, 2.24) is 9.78 Å². The molecule has 104 valence electrons. The molecule has 1 aromatic carbocycles. The number of aryl methyl sites for hydroxylation is 1. The van der Waals surface area contributed by atoms with Crippen LogP contribution in [0.5, 0.6) is 0 Å². The fraction of sp³-hybridized carbons (Fsp3) is 0.400. The Morgan fingerprint density at radius 3 is 2.37 bits per heavy atom. The van der Waals surface area contributed by atoms with Gasteiger partial charge in [0.25, 0.3) is 0 Å². The van der Waals surface area contributed by atoms with Crippen molar-refractivity contribution in [2.45, 2.75) is 33.7 Å². The molecule has 0 saturated heterocycles. The highest BCUT2D eigenvalue weighted by atomic mass is 19.1. The molecule has 4 heteroatoms. The molecule has 0 aliphatic heterocycles. The van der Waals surface area contributed by atoms with E-state index in [1.807, 2.05) is 47.0 Å². The fourth-order valence-electron chi connectivity index (χ4n) is 1.69. The van der Waals surface area contributed by atoms with Gasteiger partial charge in [0, 0.05) is 24.8 Å². The molecule has 2 rings (SSSR count). The average molecular weight is 263 g/mol. The molecule has 1 N–H and O–H groups in total. The lowest BCUT2D eigenvalue weighted by molar-refractivity contribution is 0.628. The molecule has 0 atom stereocenters. The third kappa shape index (κ3) is 4.09. The first-order chi connectivity index (χ1) is 9.06. The van der Waals surface area contributed by atoms with Crippen molar-refractivity contribution in [3.8, 4) is 11.1 Å². The molecular weight excluding hydrogens is 241 g/mol. The summed E-state index contributed by atoms with van der Waals surface area (Å²) in [5, 5.41) is 7.13. The van der Waals surface area contributed by atoms with Crippen molar-refractivity contribution in [3.05, 3.63) is 36.4 Å². The SMILES string of the molecule is CC.CC(C)Nc1ccc(-c2cnn(C)c2)cc1F. The molecule has 0 aliphatic carbocycles. The summed E-state index contributed by atoms with van der Waals surface area (Å²) in [6, 6.07) is 5.40. The molecule has 0 amide bonds. The Morgan fingerprint density at radius 2 is 1.89 bits per heavy atom. The lowest BCUT2D eigenvalue weighted by Gasteiger charge is -2.11. The van der Waals surface area contributed by atoms with Crippen molar-refractivity contribution in [2.24, 2.45) is 7.05 Å². The lowest BCUT2D eigenvalue weighted by Crippen LogP contribution is -2.10. The summed E-state index contributed by atoms with van der Waals surface area (Å²) in [4.78, 5) is 0. The number of nitrogens with zero attached hydrogens (tertiary/aromatic N) is 2. The van der Waals surface area contributed by atoms with Gasteiger partial charge >= 0.3 is 0 Å². The van der Waals surface area contributed by atoms with Gasteiger partial charge in [0.1, 0.15) is 5.82 Å². The van der Waals surface area contributed by atoms with E-state index in [0.29, 0.717) is 5.69 Å². The van der Waals surface area contributed by atoms with Gasteiger partial charge in [0.2, 0.25) is 0 Å². The van der Waals surface area contributed by atoms with Gasteiger partial charge < -0.3 is 5.32 Å². The van der Waals surface area contributed by atoms with Crippen LogP contribution in [0.2, 0.25) is 0 Å². The van der Waals surface area contributed by atoms with Crippen molar-refractivity contribution >= 4 is 5.69 Å². The van der Waals surface area contributed by atoms with E-state index in [4.69, 9.17) is 0 Å². The van der Waals surface area contributed by atoms with E-state index in [9.17, 15) is 4.39 Å². The van der Waals surface area contributed by atoms with E-state index in [2.05, 4.69) is 10.4 Å². The third-order valence-corrected chi connectivity index (χ3v) is 2.45. The quantitative estimate of drug-likeness (QED) is 0.904. The second-order valence-corrected chi connectivity index (χ2v) is 4.40. The summed E-state index contributed by atoms with van der Waals surface area (Å²) in [6.07, 6.45) is 3.59. The van der Waals surface area contributed by atoms with Crippen molar-refractivity contribution in [2.75, 3.05) is 5.32 Å². The zero-order valence-electron chi connectivity index (χ0n) is 12.2. The molecule has 1 heterocycles. The zero-order chi connectivity index (χ0) is 14.4. The number of hydrogen-bond donors (Lipinski definition) is 1. The van der Waals surface area contributed by atoms with Gasteiger partial charge in [0.15, 0.2) is 0 Å². The van der Waals surface area contributed by atoms with E-state index < -0.39 is 0 Å². The number of hydrogen-bond acceptors (Lipinski definition) is 2. The highest BCUT2D eigenvalue weighted by Gasteiger charge is 2.07. The van der Waals surface area contributed by atoms with Gasteiger partial charge in [-0.3, -0.25) is 4.68 Å². The molecule has 1 aromatic heterocycles. The standard InChI is InChI=1S/C13H16FN3.C2H6/c1-9(2)16-13-5-4-10(6-12(13)14)11-7-15-17(3)8-11;1-2/h4-9,16H,1-3H3;1-2H3. The normalized spacial score (nSPS) is 10.1. The van der Waals surface area contributed by atoms with Crippen molar-refractivity contribution < 1.29 is 4.39 Å². The van der Waals surface area contributed by atoms with E-state index in [1.54, 1.807) is 16.9 Å². The Kier molecular flexibility index (Phi) is 5.55. The maximum absolute atomic E-state index is 13.8. The van der Waals surface area contributed by atoms with E-state index in [0.717, 1.165) is 11.1 Å². The first kappa shape index (κ1) is 15.2. The maximum atomic E-state index is 13.8. The summed E-state index contributed by atoms with van der Waals surface area (Å²) in [5.74, 6) is -0.236. The second-order valence-electron chi connectivity index (χ2n) is 4.40. The van der Waals surface area contributed by atoms with Gasteiger partial charge in [-0.2, -0.15) is 5.10 Å². The summed E-state index contributed by atoms with van der Waals surface area (Å²) in [6.45, 7) is 7.96. The van der Waals surface area contributed by atoms with Gasteiger partial charge in [0.05, 0.1) is 11.9 Å². The second kappa shape index (κ2) is 6.92. The first-order valence-electron chi connectivity index (χ1n) is 6.61. The summed E-state index contributed by atoms with van der Waals surface area (Å²) in [5.41, 5.74) is 2.29. The molecule has 0 fully saturated rings. The van der Waals surface area contributed by atoms with Crippen LogP contribution in [0, 0.1) is 5.82 Å². The monoisotopic (exact) mass is 263 g/mol. The van der Waals surface area contributed by atoms with Crippen LogP contribution in [0.1, 0.15) is 27.7 Å². The average Bonchev–Trinajstić information content (AvgIpc) is 2.80. The van der Waals surface area contributed by atoms with Crippen LogP contribution >= 0.6 is 0 Å². The minimum absolute atomic E-state index is 0.216. The predicted molar refractivity (Wildman–Crippen MR) is 78.7 cm³/mol. The van der Waals surface area contributed by atoms with E-state index >= 15 is 0 Å². The van der Waals surface area contributed by atoms with Crippen LogP contribution < -0.4 is 5.32 Å². The first-order valence-corrected chi connectivity index (χ1v) is 6.61. The highest BCUT2D eigenvalue weighted by molar-refractivity contribution is 5.65. The van der Waals surface area contributed by atoms with Gasteiger partial charge in [-0.1, -0.05) is 19.9 Å². The predicted octanol–water partition coefficient (Wildman–Crippen LogP) is 4.07. The third-order valence-electron chi connectivity index (χ3n) is 2.45. The van der Waals surface area contributed by atoms with Gasteiger partial charge in [-0.15, -0.1) is 0 Å². The minimum atomic E-state index is -0.236. The summed E-state index contributed by atoms with van der Waals surface area (Å²) >= 11 is 0. The minimum Gasteiger partial charge on any atom is -0.381 e. The molecule has 0 saturated carbocycles. The maximum Gasteiger partial charge on any atom is 0.146 e. The molecule has 0 spiro atoms. The van der Waals surface area contributed by atoms with Crippen LogP contribution in [0.15, 0.2) is 30.6 Å². The summed E-state index contributed by atoms with van der Waals surface area (Å²) in [7, 11) is 1.84. The molecule has 19 heavy (non-hydrogen) atoms. The molecule has 0 unspecified atom stereocenters. The van der Waals surface area contributed by atoms with Crippen LogP contribution in [0.25, 0.3) is 11.1 Å². The lowest BCUT2D eigenvalue weighted by atomic mass is 10.1. The van der Waals surface area contributed by atoms with Gasteiger partial charge in [-0.25, -0.2) is 4.39 Å². The van der Waals surface area contributed by atoms with Crippen molar-refractivity contribution in [3.63, 3.8) is 0 Å². The molecule has 0 bridgehead atoms. The Hall–Kier alpha value is -1.84. The highest BCUT2D eigenvalue weighted by Crippen LogP contribution is 2.24. The van der Waals surface area contributed by atoms with Crippen LogP contribution in [-0.4, -0.2) is 15.8 Å². The molecular formula is C15H22FN3. The zero-order valence-corrected chi connectivity index (χ0v) is 12.2. The fourth-order valence-corrected chi connectivity index (χ4v) is 1.69. The number of halogens is 1. The number of rotatable bonds is 3. The Labute approximate surface area is 114 Å². The topological polar surface area (TPSA) is 29.9 Å². The Bertz CT molecular complexity index is 518. The molecule has 3 nitrogen and oxygen atoms in total. The van der Waals surface area contributed by atoms with E-state index in [1.165, 1.54) is 6.07 Å². The molecule has 0 radical (unpaired) electrons. The van der Waals surface area contributed by atoms with Crippen LogP contribution in [0.3, 0.4) is 0 Å². The number of anilines is 1. The van der Waals surface area contributed by atoms with Crippen molar-refractivity contribution in [1.29, 1.82) is 0 Å². The smallest absolute Gasteiger partial charge is 0.146 e. The largest absolute Gasteiger partial charge is 0.381 e. The Balaban J connectivity index is 0.000000861. The summed E-state index contributed by atoms with van der Waals surface area (Å²) < 4.78 is 15.5.